The first-order valence-electron chi connectivity index (χ1n) is 5.12. The fourth-order valence-corrected chi connectivity index (χ4v) is 2.93. The molecule has 0 N–H and O–H groups in total. The van der Waals surface area contributed by atoms with E-state index in [0.29, 0.717) is 15.6 Å². The number of hydrogen-bond acceptors (Lipinski definition) is 0. The fraction of sp³-hybridized carbons (Fsp3) is 0.0769. The summed E-state index contributed by atoms with van der Waals surface area (Å²) in [5.74, 6) is 0. The van der Waals surface area contributed by atoms with Gasteiger partial charge < -0.3 is 0 Å². The Kier molecular flexibility index (Phi) is 4.57. The number of alkyl halides is 2. The maximum absolute atomic E-state index is 13.0. The molecule has 0 unspecified atom stereocenters. The molecule has 19 heavy (non-hydrogen) atoms. The second-order valence-corrected chi connectivity index (χ2v) is 5.46. The van der Waals surface area contributed by atoms with Crippen LogP contribution in [0.3, 0.4) is 0 Å². The fourth-order valence-electron chi connectivity index (χ4n) is 1.73. The van der Waals surface area contributed by atoms with E-state index in [1.807, 2.05) is 0 Å². The van der Waals surface area contributed by atoms with Crippen molar-refractivity contribution in [3.8, 4) is 11.1 Å². The third-order valence-electron chi connectivity index (χ3n) is 2.53. The first kappa shape index (κ1) is 14.9. The smallest absolute Gasteiger partial charge is 0.205 e. The third-order valence-corrected chi connectivity index (χ3v) is 3.58. The normalized spacial score (nSPS) is 11.1. The van der Waals surface area contributed by atoms with E-state index in [2.05, 4.69) is 0 Å². The lowest BCUT2D eigenvalue weighted by Crippen LogP contribution is -1.92. The molecule has 0 fully saturated rings. The van der Waals surface area contributed by atoms with Crippen molar-refractivity contribution >= 4 is 46.4 Å². The average Bonchev–Trinajstić information content (AvgIpc) is 2.27. The van der Waals surface area contributed by atoms with Crippen LogP contribution < -0.4 is 0 Å². The lowest BCUT2D eigenvalue weighted by molar-refractivity contribution is 0.152. The Hall–Kier alpha value is -0.540. The average molecular weight is 342 g/mol. The van der Waals surface area contributed by atoms with Crippen LogP contribution in [0.5, 0.6) is 0 Å². The molecule has 0 atom stereocenters. The van der Waals surface area contributed by atoms with E-state index in [1.54, 1.807) is 0 Å². The zero-order chi connectivity index (χ0) is 14.2. The molecule has 0 saturated heterocycles. The van der Waals surface area contributed by atoms with Gasteiger partial charge in [-0.15, -0.1) is 0 Å². The van der Waals surface area contributed by atoms with Crippen molar-refractivity contribution in [1.29, 1.82) is 0 Å². The molecule has 0 nitrogen and oxygen atoms in total. The van der Waals surface area contributed by atoms with Crippen molar-refractivity contribution < 1.29 is 8.78 Å². The van der Waals surface area contributed by atoms with E-state index in [9.17, 15) is 8.78 Å². The number of hydrogen-bond donors (Lipinski definition) is 0. The Labute approximate surface area is 128 Å². The molecule has 0 amide bonds. The molecule has 0 radical (unpaired) electrons. The van der Waals surface area contributed by atoms with Crippen LogP contribution in [-0.4, -0.2) is 0 Å². The summed E-state index contributed by atoms with van der Waals surface area (Å²) in [7, 11) is 0. The van der Waals surface area contributed by atoms with Crippen LogP contribution in [0.2, 0.25) is 20.1 Å². The van der Waals surface area contributed by atoms with Crippen molar-refractivity contribution in [3.63, 3.8) is 0 Å². The Morgan fingerprint density at radius 3 is 1.89 bits per heavy atom. The monoisotopic (exact) mass is 340 g/mol. The van der Waals surface area contributed by atoms with Crippen LogP contribution >= 0.6 is 46.4 Å². The van der Waals surface area contributed by atoms with Gasteiger partial charge in [-0.3, -0.25) is 0 Å². The molecule has 0 aliphatic carbocycles. The molecule has 0 aromatic heterocycles. The van der Waals surface area contributed by atoms with Crippen LogP contribution in [0.4, 0.5) is 8.78 Å². The van der Waals surface area contributed by atoms with Crippen LogP contribution in [-0.2, 0) is 0 Å². The minimum Gasteiger partial charge on any atom is -0.205 e. The van der Waals surface area contributed by atoms with Gasteiger partial charge >= 0.3 is 0 Å². The number of rotatable bonds is 2. The van der Waals surface area contributed by atoms with Gasteiger partial charge in [0.1, 0.15) is 0 Å². The summed E-state index contributed by atoms with van der Waals surface area (Å²) in [6.07, 6.45) is -2.66. The van der Waals surface area contributed by atoms with E-state index in [-0.39, 0.29) is 21.2 Å². The molecule has 0 aliphatic heterocycles. The topological polar surface area (TPSA) is 0 Å². The Morgan fingerprint density at radius 2 is 1.37 bits per heavy atom. The molecule has 0 spiro atoms. The molecule has 2 rings (SSSR count). The largest absolute Gasteiger partial charge is 0.264 e. The van der Waals surface area contributed by atoms with Crippen molar-refractivity contribution in [2.24, 2.45) is 0 Å². The van der Waals surface area contributed by atoms with Crippen LogP contribution in [0.25, 0.3) is 11.1 Å². The summed E-state index contributed by atoms with van der Waals surface area (Å²) in [5.41, 5.74) is 0.315. The summed E-state index contributed by atoms with van der Waals surface area (Å²) in [6, 6.07) is 6.94. The van der Waals surface area contributed by atoms with E-state index in [0.717, 1.165) is 0 Å². The summed E-state index contributed by atoms with van der Waals surface area (Å²) < 4.78 is 26.1. The highest BCUT2D eigenvalue weighted by molar-refractivity contribution is 6.42. The molecular formula is C13H6Cl4F2. The predicted molar refractivity (Wildman–Crippen MR) is 76.9 cm³/mol. The Balaban J connectivity index is 2.75. The van der Waals surface area contributed by atoms with Gasteiger partial charge in [0, 0.05) is 21.2 Å². The quantitative estimate of drug-likeness (QED) is 0.557. The molecule has 0 bridgehead atoms. The van der Waals surface area contributed by atoms with Crippen molar-refractivity contribution in [3.05, 3.63) is 56.0 Å². The van der Waals surface area contributed by atoms with E-state index >= 15 is 0 Å². The summed E-state index contributed by atoms with van der Waals surface area (Å²) in [6.45, 7) is 0. The van der Waals surface area contributed by atoms with E-state index < -0.39 is 6.43 Å². The van der Waals surface area contributed by atoms with Crippen LogP contribution in [0.15, 0.2) is 30.3 Å². The minimum atomic E-state index is -2.66. The maximum Gasteiger partial charge on any atom is 0.264 e. The lowest BCUT2D eigenvalue weighted by atomic mass is 9.99. The molecule has 2 aromatic rings. The van der Waals surface area contributed by atoms with Gasteiger partial charge in [-0.25, -0.2) is 8.78 Å². The summed E-state index contributed by atoms with van der Waals surface area (Å²) in [5, 5.41) is 1.05. The van der Waals surface area contributed by atoms with Crippen molar-refractivity contribution in [1.82, 2.24) is 0 Å². The van der Waals surface area contributed by atoms with Gasteiger partial charge in [0.2, 0.25) is 0 Å². The van der Waals surface area contributed by atoms with Gasteiger partial charge in [0.25, 0.3) is 6.43 Å². The van der Waals surface area contributed by atoms with E-state index in [1.165, 1.54) is 30.3 Å². The molecule has 2 aromatic carbocycles. The maximum atomic E-state index is 13.0. The minimum absolute atomic E-state index is 0.185. The van der Waals surface area contributed by atoms with Crippen molar-refractivity contribution in [2.45, 2.75) is 6.43 Å². The highest BCUT2D eigenvalue weighted by Crippen LogP contribution is 2.42. The van der Waals surface area contributed by atoms with Crippen LogP contribution in [0, 0.1) is 0 Å². The van der Waals surface area contributed by atoms with Gasteiger partial charge in [-0.1, -0.05) is 52.5 Å². The Bertz CT molecular complexity index is 603. The summed E-state index contributed by atoms with van der Waals surface area (Å²) in [4.78, 5) is 0. The van der Waals surface area contributed by atoms with Crippen molar-refractivity contribution in [2.75, 3.05) is 0 Å². The van der Waals surface area contributed by atoms with Gasteiger partial charge in [-0.2, -0.15) is 0 Å². The first-order valence-corrected chi connectivity index (χ1v) is 6.64. The zero-order valence-electron chi connectivity index (χ0n) is 9.23. The van der Waals surface area contributed by atoms with E-state index in [4.69, 9.17) is 46.4 Å². The predicted octanol–water partition coefficient (Wildman–Crippen LogP) is 6.90. The highest BCUT2D eigenvalue weighted by Gasteiger charge is 2.19. The van der Waals surface area contributed by atoms with Crippen LogP contribution in [0.1, 0.15) is 12.0 Å². The molecule has 6 heteroatoms. The molecule has 0 aliphatic rings. The molecule has 0 heterocycles. The van der Waals surface area contributed by atoms with Gasteiger partial charge in [-0.05, 0) is 29.8 Å². The SMILES string of the molecule is FC(F)c1ccc(Cl)cc1-c1c(Cl)cc(Cl)cc1Cl. The number of halogens is 6. The molecular weight excluding hydrogens is 336 g/mol. The second kappa shape index (κ2) is 5.84. The molecule has 0 saturated carbocycles. The highest BCUT2D eigenvalue weighted by atomic mass is 35.5. The summed E-state index contributed by atoms with van der Waals surface area (Å²) >= 11 is 23.7. The molecule has 100 valence electrons. The Morgan fingerprint density at radius 1 is 0.789 bits per heavy atom. The third kappa shape index (κ3) is 3.14. The first-order chi connectivity index (χ1) is 8.90. The van der Waals surface area contributed by atoms with Gasteiger partial charge in [0.15, 0.2) is 0 Å². The lowest BCUT2D eigenvalue weighted by Gasteiger charge is -2.13. The standard InChI is InChI=1S/C13H6Cl4F2/c14-6-1-2-8(13(18)19)9(3-6)12-10(16)4-7(15)5-11(12)17/h1-5,13H. The number of benzene rings is 2. The zero-order valence-corrected chi connectivity index (χ0v) is 12.3. The second-order valence-electron chi connectivity index (χ2n) is 3.78. The van der Waals surface area contributed by atoms with Gasteiger partial charge in [0.05, 0.1) is 10.0 Å².